The normalized spacial score (nSPS) is 11.7. The van der Waals surface area contributed by atoms with Gasteiger partial charge in [-0.2, -0.15) is 5.10 Å². The molecule has 0 bridgehead atoms. The van der Waals surface area contributed by atoms with Gasteiger partial charge in [0.1, 0.15) is 17.3 Å². The molecule has 0 saturated heterocycles. The fourth-order valence-corrected chi connectivity index (χ4v) is 2.31. The van der Waals surface area contributed by atoms with E-state index in [-0.39, 0.29) is 17.1 Å². The van der Waals surface area contributed by atoms with Crippen molar-refractivity contribution in [3.63, 3.8) is 0 Å². The Hall–Kier alpha value is -3.47. The molecule has 0 spiro atoms. The van der Waals surface area contributed by atoms with E-state index < -0.39 is 11.6 Å². The zero-order valence-corrected chi connectivity index (χ0v) is 13.6. The Kier molecular flexibility index (Phi) is 5.39. The fourth-order valence-electron chi connectivity index (χ4n) is 2.31. The van der Waals surface area contributed by atoms with E-state index in [2.05, 4.69) is 10.2 Å². The number of hydrogen-bond donors (Lipinski definition) is 0. The predicted octanol–water partition coefficient (Wildman–Crippen LogP) is 4.67. The van der Waals surface area contributed by atoms with Crippen molar-refractivity contribution in [2.75, 3.05) is 0 Å². The van der Waals surface area contributed by atoms with Crippen molar-refractivity contribution in [3.05, 3.63) is 107 Å². The van der Waals surface area contributed by atoms with Gasteiger partial charge in [-0.1, -0.05) is 60.7 Å². The van der Waals surface area contributed by atoms with Crippen LogP contribution in [-0.2, 0) is 0 Å². The number of benzene rings is 3. The molecule has 3 rings (SSSR count). The summed E-state index contributed by atoms with van der Waals surface area (Å²) in [7, 11) is 0. The number of hydrogen-bond acceptors (Lipinski definition) is 3. The molecule has 0 atom stereocenters. The van der Waals surface area contributed by atoms with Gasteiger partial charge in [0.25, 0.3) is 0 Å². The molecule has 3 aromatic carbocycles. The second kappa shape index (κ2) is 8.07. The number of ketones is 1. The molecule has 0 unspecified atom stereocenters. The zero-order valence-electron chi connectivity index (χ0n) is 13.6. The molecular weight excluding hydrogens is 334 g/mol. The Bertz CT molecular complexity index is 968. The molecule has 3 nitrogen and oxygen atoms in total. The Morgan fingerprint density at radius 3 is 2.04 bits per heavy atom. The summed E-state index contributed by atoms with van der Waals surface area (Å²) in [5.41, 5.74) is 1.28. The van der Waals surface area contributed by atoms with Crippen LogP contribution in [0.2, 0.25) is 0 Å². The van der Waals surface area contributed by atoms with Crippen molar-refractivity contribution < 1.29 is 13.6 Å². The molecule has 3 aromatic rings. The maximum Gasteiger partial charge on any atom is 0.213 e. The lowest BCUT2D eigenvalue weighted by molar-refractivity contribution is 0.106. The zero-order chi connectivity index (χ0) is 18.4. The molecule has 0 aromatic heterocycles. The summed E-state index contributed by atoms with van der Waals surface area (Å²) in [5, 5.41) is 7.84. The standard InChI is InChI=1S/C21H14F2N2O/c22-18-12-11-17(19(23)13-18)14-24-25-20(15-7-3-1-4-8-15)21(26)16-9-5-2-6-10-16/h1-14H. The average Bonchev–Trinajstić information content (AvgIpc) is 2.67. The number of Topliss-reactive ketones (excluding diaryl/α,β-unsaturated/α-hetero) is 1. The molecule has 0 N–H and O–H groups in total. The number of nitrogens with zero attached hydrogens (tertiary/aromatic N) is 2. The largest absolute Gasteiger partial charge is 0.287 e. The van der Waals surface area contributed by atoms with E-state index in [1.165, 1.54) is 6.07 Å². The summed E-state index contributed by atoms with van der Waals surface area (Å²) in [4.78, 5) is 12.8. The maximum absolute atomic E-state index is 13.7. The van der Waals surface area contributed by atoms with Gasteiger partial charge >= 0.3 is 0 Å². The highest BCUT2D eigenvalue weighted by atomic mass is 19.1. The number of carbonyl (C=O) groups is 1. The summed E-state index contributed by atoms with van der Waals surface area (Å²) in [6.45, 7) is 0. The van der Waals surface area contributed by atoms with Crippen molar-refractivity contribution >= 4 is 17.7 Å². The van der Waals surface area contributed by atoms with Crippen LogP contribution in [0.4, 0.5) is 8.78 Å². The van der Waals surface area contributed by atoms with Crippen LogP contribution in [0, 0.1) is 11.6 Å². The highest BCUT2D eigenvalue weighted by molar-refractivity contribution is 6.51. The summed E-state index contributed by atoms with van der Waals surface area (Å²) >= 11 is 0. The van der Waals surface area contributed by atoms with E-state index in [9.17, 15) is 13.6 Å². The topological polar surface area (TPSA) is 41.8 Å². The minimum atomic E-state index is -0.750. The van der Waals surface area contributed by atoms with Crippen molar-refractivity contribution in [3.8, 4) is 0 Å². The van der Waals surface area contributed by atoms with Gasteiger partial charge in [0, 0.05) is 22.8 Å². The minimum Gasteiger partial charge on any atom is -0.287 e. The summed E-state index contributed by atoms with van der Waals surface area (Å²) in [6.07, 6.45) is 1.15. The Morgan fingerprint density at radius 2 is 1.42 bits per heavy atom. The number of carbonyl (C=O) groups excluding carboxylic acids is 1. The van der Waals surface area contributed by atoms with Crippen molar-refractivity contribution in [1.29, 1.82) is 0 Å². The molecule has 0 aliphatic rings. The van der Waals surface area contributed by atoms with E-state index in [4.69, 9.17) is 0 Å². The molecule has 0 amide bonds. The lowest BCUT2D eigenvalue weighted by Gasteiger charge is -2.04. The van der Waals surface area contributed by atoms with E-state index in [1.54, 1.807) is 48.5 Å². The third kappa shape index (κ3) is 4.13. The van der Waals surface area contributed by atoms with Gasteiger partial charge in [-0.3, -0.25) is 4.79 Å². The van der Waals surface area contributed by atoms with Gasteiger partial charge in [-0.05, 0) is 12.1 Å². The third-order valence-electron chi connectivity index (χ3n) is 3.62. The molecule has 0 aliphatic heterocycles. The summed E-state index contributed by atoms with van der Waals surface area (Å²) in [5.74, 6) is -1.72. The average molecular weight is 348 g/mol. The first-order valence-corrected chi connectivity index (χ1v) is 7.86. The first-order chi connectivity index (χ1) is 12.6. The highest BCUT2D eigenvalue weighted by Gasteiger charge is 2.16. The number of halogens is 2. The van der Waals surface area contributed by atoms with E-state index in [1.807, 2.05) is 12.1 Å². The summed E-state index contributed by atoms with van der Waals surface area (Å²) in [6, 6.07) is 20.7. The Labute approximate surface area is 149 Å². The Morgan fingerprint density at radius 1 is 0.808 bits per heavy atom. The minimum absolute atomic E-state index is 0.0784. The second-order valence-corrected chi connectivity index (χ2v) is 5.42. The first-order valence-electron chi connectivity index (χ1n) is 7.86. The molecule has 26 heavy (non-hydrogen) atoms. The van der Waals surface area contributed by atoms with Crippen molar-refractivity contribution in [2.45, 2.75) is 0 Å². The van der Waals surface area contributed by atoms with Gasteiger partial charge < -0.3 is 0 Å². The van der Waals surface area contributed by atoms with E-state index in [0.29, 0.717) is 11.1 Å². The molecule has 0 saturated carbocycles. The molecule has 0 radical (unpaired) electrons. The van der Waals surface area contributed by atoms with Crippen LogP contribution in [0.25, 0.3) is 0 Å². The van der Waals surface area contributed by atoms with Crippen LogP contribution < -0.4 is 0 Å². The second-order valence-electron chi connectivity index (χ2n) is 5.42. The van der Waals surface area contributed by atoms with Crippen LogP contribution in [0.15, 0.2) is 89.1 Å². The van der Waals surface area contributed by atoms with E-state index in [0.717, 1.165) is 18.3 Å². The Balaban J connectivity index is 1.96. The quantitative estimate of drug-likeness (QED) is 0.375. The van der Waals surface area contributed by atoms with Crippen LogP contribution in [-0.4, -0.2) is 17.7 Å². The fraction of sp³-hybridized carbons (Fsp3) is 0. The molecule has 5 heteroatoms. The van der Waals surface area contributed by atoms with Gasteiger partial charge in [0.15, 0.2) is 0 Å². The van der Waals surface area contributed by atoms with Crippen LogP contribution in [0.3, 0.4) is 0 Å². The molecule has 0 aliphatic carbocycles. The third-order valence-corrected chi connectivity index (χ3v) is 3.62. The lowest BCUT2D eigenvalue weighted by Crippen LogP contribution is -2.15. The predicted molar refractivity (Wildman–Crippen MR) is 97.7 cm³/mol. The summed E-state index contributed by atoms with van der Waals surface area (Å²) < 4.78 is 26.6. The van der Waals surface area contributed by atoms with Gasteiger partial charge in [0.05, 0.1) is 6.21 Å². The van der Waals surface area contributed by atoms with Crippen LogP contribution >= 0.6 is 0 Å². The smallest absolute Gasteiger partial charge is 0.213 e. The van der Waals surface area contributed by atoms with Crippen molar-refractivity contribution in [1.82, 2.24) is 0 Å². The molecular formula is C21H14F2N2O. The molecule has 128 valence electrons. The SMILES string of the molecule is O=C(C(=NN=Cc1ccc(F)cc1F)c1ccccc1)c1ccccc1. The van der Waals surface area contributed by atoms with Gasteiger partial charge in [-0.15, -0.1) is 5.10 Å². The van der Waals surface area contributed by atoms with Crippen molar-refractivity contribution in [2.24, 2.45) is 10.2 Å². The molecule has 0 fully saturated rings. The number of rotatable bonds is 5. The monoisotopic (exact) mass is 348 g/mol. The first kappa shape index (κ1) is 17.4. The lowest BCUT2D eigenvalue weighted by atomic mass is 10.0. The van der Waals surface area contributed by atoms with Crippen LogP contribution in [0.5, 0.6) is 0 Å². The van der Waals surface area contributed by atoms with Gasteiger partial charge in [0.2, 0.25) is 5.78 Å². The highest BCUT2D eigenvalue weighted by Crippen LogP contribution is 2.11. The van der Waals surface area contributed by atoms with Gasteiger partial charge in [-0.25, -0.2) is 8.78 Å². The maximum atomic E-state index is 13.7. The molecule has 0 heterocycles. The van der Waals surface area contributed by atoms with E-state index >= 15 is 0 Å². The van der Waals surface area contributed by atoms with Crippen LogP contribution in [0.1, 0.15) is 21.5 Å².